The number of hydrogen-bond acceptors (Lipinski definition) is 4. The van der Waals surface area contributed by atoms with Crippen molar-refractivity contribution in [1.29, 1.82) is 0 Å². The molecule has 1 fully saturated rings. The summed E-state index contributed by atoms with van der Waals surface area (Å²) in [4.78, 5) is 14.1. The Balaban J connectivity index is 2.04. The van der Waals surface area contributed by atoms with E-state index in [2.05, 4.69) is 46.9 Å². The molecule has 0 bridgehead atoms. The molecule has 5 nitrogen and oxygen atoms in total. The number of nitrogens with two attached hydrogens (primary N) is 1. The van der Waals surface area contributed by atoms with E-state index < -0.39 is 5.60 Å². The summed E-state index contributed by atoms with van der Waals surface area (Å²) < 4.78 is 12.2. The molecule has 0 radical (unpaired) electrons. The van der Waals surface area contributed by atoms with Crippen molar-refractivity contribution in [3.05, 3.63) is 33.4 Å². The minimum Gasteiger partial charge on any atom is -0.444 e. The lowest BCUT2D eigenvalue weighted by molar-refractivity contribution is -0.0378. The van der Waals surface area contributed by atoms with Gasteiger partial charge >= 0.3 is 6.09 Å². The SMILES string of the molecule is CC(C)(C)OC(=O)N1CCOCC1C(N)Cc1ccc(I)cc1. The maximum absolute atomic E-state index is 12.4. The van der Waals surface area contributed by atoms with E-state index >= 15 is 0 Å². The van der Waals surface area contributed by atoms with E-state index in [4.69, 9.17) is 15.2 Å². The monoisotopic (exact) mass is 432 g/mol. The average Bonchev–Trinajstić information content (AvgIpc) is 2.48. The van der Waals surface area contributed by atoms with E-state index in [-0.39, 0.29) is 18.2 Å². The summed E-state index contributed by atoms with van der Waals surface area (Å²) in [5.41, 5.74) is 7.03. The number of nitrogens with zero attached hydrogens (tertiary/aromatic N) is 1. The van der Waals surface area contributed by atoms with Gasteiger partial charge in [-0.3, -0.25) is 4.90 Å². The number of rotatable bonds is 3. The molecule has 0 saturated carbocycles. The summed E-state index contributed by atoms with van der Waals surface area (Å²) >= 11 is 2.28. The van der Waals surface area contributed by atoms with E-state index in [9.17, 15) is 4.79 Å². The van der Waals surface area contributed by atoms with Crippen molar-refractivity contribution in [2.24, 2.45) is 5.73 Å². The van der Waals surface area contributed by atoms with Crippen molar-refractivity contribution >= 4 is 28.7 Å². The first-order valence-corrected chi connectivity index (χ1v) is 8.91. The topological polar surface area (TPSA) is 64.8 Å². The third-order valence-electron chi connectivity index (χ3n) is 3.67. The second kappa shape index (κ2) is 7.81. The van der Waals surface area contributed by atoms with Crippen LogP contribution in [0.5, 0.6) is 0 Å². The van der Waals surface area contributed by atoms with Crippen LogP contribution >= 0.6 is 22.6 Å². The van der Waals surface area contributed by atoms with Crippen molar-refractivity contribution in [2.75, 3.05) is 19.8 Å². The van der Waals surface area contributed by atoms with Gasteiger partial charge in [-0.15, -0.1) is 0 Å². The number of carbonyl (C=O) groups excluding carboxylic acids is 1. The molecule has 0 aromatic heterocycles. The Kier molecular flexibility index (Phi) is 6.27. The molecule has 2 N–H and O–H groups in total. The molecule has 2 rings (SSSR count). The first kappa shape index (κ1) is 18.5. The summed E-state index contributed by atoms with van der Waals surface area (Å²) in [5.74, 6) is 0. The van der Waals surface area contributed by atoms with Crippen molar-refractivity contribution in [1.82, 2.24) is 4.90 Å². The quantitative estimate of drug-likeness (QED) is 0.747. The van der Waals surface area contributed by atoms with Gasteiger partial charge in [0.05, 0.1) is 19.3 Å². The lowest BCUT2D eigenvalue weighted by Gasteiger charge is -2.39. The van der Waals surface area contributed by atoms with Gasteiger partial charge in [0, 0.05) is 16.2 Å². The summed E-state index contributed by atoms with van der Waals surface area (Å²) in [6.45, 7) is 7.08. The van der Waals surface area contributed by atoms with Crippen molar-refractivity contribution in [3.8, 4) is 0 Å². The molecule has 0 spiro atoms. The minimum absolute atomic E-state index is 0.169. The van der Waals surface area contributed by atoms with Gasteiger partial charge in [0.15, 0.2) is 0 Å². The van der Waals surface area contributed by atoms with Gasteiger partial charge in [-0.1, -0.05) is 12.1 Å². The second-order valence-corrected chi connectivity index (χ2v) is 8.06. The fraction of sp³-hybridized carbons (Fsp3) is 0.588. The molecule has 1 amide bonds. The molecule has 1 saturated heterocycles. The zero-order valence-corrected chi connectivity index (χ0v) is 16.1. The highest BCUT2D eigenvalue weighted by atomic mass is 127. The standard InChI is InChI=1S/C17H25IN2O3/c1-17(2,3)23-16(21)20-8-9-22-11-15(20)14(19)10-12-4-6-13(18)7-5-12/h4-7,14-15H,8-11,19H2,1-3H3. The van der Waals surface area contributed by atoms with Gasteiger partial charge in [0.25, 0.3) is 0 Å². The number of carbonyl (C=O) groups is 1. The molecular formula is C17H25IN2O3. The molecular weight excluding hydrogens is 407 g/mol. The van der Waals surface area contributed by atoms with Crippen LogP contribution in [0, 0.1) is 3.57 Å². The second-order valence-electron chi connectivity index (χ2n) is 6.81. The predicted octanol–water partition coefficient (Wildman–Crippen LogP) is 2.80. The smallest absolute Gasteiger partial charge is 0.410 e. The lowest BCUT2D eigenvalue weighted by atomic mass is 9.99. The van der Waals surface area contributed by atoms with E-state index in [1.807, 2.05) is 20.8 Å². The summed E-state index contributed by atoms with van der Waals surface area (Å²) in [5, 5.41) is 0. The zero-order valence-electron chi connectivity index (χ0n) is 13.9. The zero-order chi connectivity index (χ0) is 17.0. The van der Waals surface area contributed by atoms with Crippen LogP contribution in [-0.2, 0) is 15.9 Å². The molecule has 2 unspecified atom stereocenters. The van der Waals surface area contributed by atoms with Gasteiger partial charge in [-0.05, 0) is 67.5 Å². The summed E-state index contributed by atoms with van der Waals surface area (Å²) in [6, 6.07) is 7.91. The highest BCUT2D eigenvalue weighted by molar-refractivity contribution is 14.1. The Labute approximate surface area is 151 Å². The van der Waals surface area contributed by atoms with Gasteiger partial charge in [-0.25, -0.2) is 4.79 Å². The third kappa shape index (κ3) is 5.61. The van der Waals surface area contributed by atoms with Gasteiger partial charge < -0.3 is 15.2 Å². The highest BCUT2D eigenvalue weighted by Crippen LogP contribution is 2.18. The van der Waals surface area contributed by atoms with E-state index in [1.54, 1.807) is 4.90 Å². The van der Waals surface area contributed by atoms with Crippen molar-refractivity contribution in [3.63, 3.8) is 0 Å². The van der Waals surface area contributed by atoms with Crippen LogP contribution in [0.2, 0.25) is 0 Å². The molecule has 6 heteroatoms. The third-order valence-corrected chi connectivity index (χ3v) is 4.39. The highest BCUT2D eigenvalue weighted by Gasteiger charge is 2.34. The normalized spacial score (nSPS) is 20.2. The number of halogens is 1. The molecule has 1 heterocycles. The van der Waals surface area contributed by atoms with Crippen molar-refractivity contribution < 1.29 is 14.3 Å². The van der Waals surface area contributed by atoms with E-state index in [0.717, 1.165) is 5.56 Å². The largest absolute Gasteiger partial charge is 0.444 e. The molecule has 23 heavy (non-hydrogen) atoms. The number of benzene rings is 1. The Morgan fingerprint density at radius 2 is 2.09 bits per heavy atom. The molecule has 128 valence electrons. The van der Waals surface area contributed by atoms with Crippen LogP contribution in [-0.4, -0.2) is 48.4 Å². The van der Waals surface area contributed by atoms with Crippen LogP contribution < -0.4 is 5.73 Å². The first-order valence-electron chi connectivity index (χ1n) is 7.83. The van der Waals surface area contributed by atoms with Crippen LogP contribution in [0.1, 0.15) is 26.3 Å². The van der Waals surface area contributed by atoms with Crippen molar-refractivity contribution in [2.45, 2.75) is 44.9 Å². The Hall–Kier alpha value is -0.860. The number of morpholine rings is 1. The van der Waals surface area contributed by atoms with Crippen LogP contribution in [0.15, 0.2) is 24.3 Å². The fourth-order valence-electron chi connectivity index (χ4n) is 2.55. The average molecular weight is 432 g/mol. The minimum atomic E-state index is -0.514. The number of amides is 1. The van der Waals surface area contributed by atoms with Gasteiger partial charge in [0.2, 0.25) is 0 Å². The van der Waals surface area contributed by atoms with E-state index in [1.165, 1.54) is 3.57 Å². The predicted molar refractivity (Wildman–Crippen MR) is 98.4 cm³/mol. The van der Waals surface area contributed by atoms with Gasteiger partial charge in [0.1, 0.15) is 5.60 Å². The Morgan fingerprint density at radius 1 is 1.43 bits per heavy atom. The molecule has 0 aliphatic carbocycles. The lowest BCUT2D eigenvalue weighted by Crippen LogP contribution is -2.58. The maximum atomic E-state index is 12.4. The first-order chi connectivity index (χ1) is 10.8. The molecule has 1 aromatic carbocycles. The Bertz CT molecular complexity index is 528. The summed E-state index contributed by atoms with van der Waals surface area (Å²) in [7, 11) is 0. The maximum Gasteiger partial charge on any atom is 0.410 e. The number of hydrogen-bond donors (Lipinski definition) is 1. The van der Waals surface area contributed by atoms with Crippen LogP contribution in [0.25, 0.3) is 0 Å². The Morgan fingerprint density at radius 3 is 2.70 bits per heavy atom. The fourth-order valence-corrected chi connectivity index (χ4v) is 2.91. The molecule has 2 atom stereocenters. The van der Waals surface area contributed by atoms with Crippen LogP contribution in [0.3, 0.4) is 0 Å². The summed E-state index contributed by atoms with van der Waals surface area (Å²) in [6.07, 6.45) is 0.383. The van der Waals surface area contributed by atoms with Crippen LogP contribution in [0.4, 0.5) is 4.79 Å². The molecule has 1 aliphatic heterocycles. The van der Waals surface area contributed by atoms with Gasteiger partial charge in [-0.2, -0.15) is 0 Å². The molecule has 1 aromatic rings. The molecule has 1 aliphatic rings. The number of ether oxygens (including phenoxy) is 2. The van der Waals surface area contributed by atoms with E-state index in [0.29, 0.717) is 26.2 Å².